The molecule has 2 aliphatic heterocycles. The van der Waals surface area contributed by atoms with E-state index >= 15 is 0 Å². The molecule has 2 aliphatic rings. The zero-order chi connectivity index (χ0) is 17.2. The van der Waals surface area contributed by atoms with E-state index in [1.165, 1.54) is 28.1 Å². The number of thiophene rings is 1. The topological polar surface area (TPSA) is 78.1 Å². The van der Waals surface area contributed by atoms with E-state index < -0.39 is 5.91 Å². The molecule has 2 aromatic rings. The van der Waals surface area contributed by atoms with Gasteiger partial charge in [-0.15, -0.1) is 11.3 Å². The van der Waals surface area contributed by atoms with Crippen LogP contribution in [-0.4, -0.2) is 33.6 Å². The van der Waals surface area contributed by atoms with Gasteiger partial charge in [0.05, 0.1) is 5.57 Å². The summed E-state index contributed by atoms with van der Waals surface area (Å²) in [6, 6.07) is 13.2. The molecule has 0 saturated carbocycles. The monoisotopic (exact) mass is 368 g/mol. The summed E-state index contributed by atoms with van der Waals surface area (Å²) in [6.07, 6.45) is 1.67. The predicted octanol–water partition coefficient (Wildman–Crippen LogP) is 3.45. The zero-order valence-corrected chi connectivity index (χ0v) is 14.5. The Labute approximate surface area is 152 Å². The lowest BCUT2D eigenvalue weighted by Gasteiger charge is -2.19. The summed E-state index contributed by atoms with van der Waals surface area (Å²) in [7, 11) is 0. The number of aliphatic imine (C=N–C) groups is 1. The number of hydrogen-bond acceptors (Lipinski definition) is 6. The molecule has 0 atom stereocenters. The highest BCUT2D eigenvalue weighted by molar-refractivity contribution is 8.27. The zero-order valence-electron chi connectivity index (χ0n) is 12.9. The summed E-state index contributed by atoms with van der Waals surface area (Å²) in [5, 5.41) is 17.0. The molecule has 3 heterocycles. The number of carbonyl (C=O) groups is 1. The Balaban J connectivity index is 1.53. The van der Waals surface area contributed by atoms with Gasteiger partial charge in [-0.1, -0.05) is 24.3 Å². The summed E-state index contributed by atoms with van der Waals surface area (Å²) in [5.74, 6) is 0.352. The third-order valence-electron chi connectivity index (χ3n) is 3.43. The van der Waals surface area contributed by atoms with Crippen molar-refractivity contribution in [2.45, 2.75) is 0 Å². The van der Waals surface area contributed by atoms with Gasteiger partial charge in [-0.2, -0.15) is 15.1 Å². The molecule has 4 rings (SSSR count). The molecule has 0 aliphatic carbocycles. The molecule has 0 saturated heterocycles. The number of benzene rings is 1. The molecule has 0 unspecified atom stereocenters. The van der Waals surface area contributed by atoms with Crippen LogP contribution >= 0.6 is 23.1 Å². The number of amides is 1. The first-order chi connectivity index (χ1) is 12.2. The number of amidine groups is 2. The Hall–Kier alpha value is -2.71. The molecule has 25 heavy (non-hydrogen) atoms. The number of fused-ring (bicyclic) bond motifs is 1. The van der Waals surface area contributed by atoms with Gasteiger partial charge in [0.2, 0.25) is 5.17 Å². The van der Waals surface area contributed by atoms with E-state index in [2.05, 4.69) is 10.1 Å². The molecular weight excluding hydrogens is 356 g/mol. The van der Waals surface area contributed by atoms with Crippen molar-refractivity contribution in [2.75, 3.05) is 6.61 Å². The highest BCUT2D eigenvalue weighted by Crippen LogP contribution is 2.29. The second-order valence-corrected chi connectivity index (χ2v) is 7.15. The van der Waals surface area contributed by atoms with Gasteiger partial charge in [0.1, 0.15) is 17.4 Å². The van der Waals surface area contributed by atoms with Gasteiger partial charge >= 0.3 is 0 Å². The van der Waals surface area contributed by atoms with Crippen LogP contribution < -0.4 is 4.74 Å². The lowest BCUT2D eigenvalue weighted by atomic mass is 10.1. The van der Waals surface area contributed by atoms with Crippen LogP contribution in [0.2, 0.25) is 0 Å². The van der Waals surface area contributed by atoms with Crippen molar-refractivity contribution >= 4 is 51.1 Å². The van der Waals surface area contributed by atoms with Crippen molar-refractivity contribution in [2.24, 2.45) is 10.1 Å². The minimum absolute atomic E-state index is 0.0330. The van der Waals surface area contributed by atoms with Gasteiger partial charge in [0.15, 0.2) is 5.84 Å². The number of hydrazone groups is 1. The van der Waals surface area contributed by atoms with E-state index in [1.807, 2.05) is 47.8 Å². The Bertz CT molecular complexity index is 917. The summed E-state index contributed by atoms with van der Waals surface area (Å²) in [5.41, 5.74) is 0.237. The Morgan fingerprint density at radius 1 is 1.20 bits per heavy atom. The van der Waals surface area contributed by atoms with Crippen LogP contribution in [-0.2, 0) is 4.79 Å². The summed E-state index contributed by atoms with van der Waals surface area (Å²) in [4.78, 5) is 17.2. The van der Waals surface area contributed by atoms with E-state index in [-0.39, 0.29) is 18.0 Å². The average Bonchev–Trinajstić information content (AvgIpc) is 3.27. The van der Waals surface area contributed by atoms with Gasteiger partial charge in [0.25, 0.3) is 5.91 Å². The molecular formula is C17H12N4O2S2. The summed E-state index contributed by atoms with van der Waals surface area (Å²) >= 11 is 2.74. The fraction of sp³-hybridized carbons (Fsp3) is 0.0588. The minimum Gasteiger partial charge on any atom is -0.487 e. The van der Waals surface area contributed by atoms with Crippen LogP contribution in [0.25, 0.3) is 6.08 Å². The van der Waals surface area contributed by atoms with E-state index in [0.717, 1.165) is 10.6 Å². The smallest absolute Gasteiger partial charge is 0.283 e. The second-order valence-electron chi connectivity index (χ2n) is 5.13. The van der Waals surface area contributed by atoms with E-state index in [1.54, 1.807) is 6.08 Å². The largest absolute Gasteiger partial charge is 0.487 e. The fourth-order valence-electron chi connectivity index (χ4n) is 2.27. The van der Waals surface area contributed by atoms with Crippen LogP contribution in [0.4, 0.5) is 0 Å². The van der Waals surface area contributed by atoms with E-state index in [9.17, 15) is 4.79 Å². The summed E-state index contributed by atoms with van der Waals surface area (Å²) < 4.78 is 5.67. The van der Waals surface area contributed by atoms with Crippen molar-refractivity contribution in [1.82, 2.24) is 5.01 Å². The van der Waals surface area contributed by atoms with Crippen LogP contribution in [0.5, 0.6) is 5.75 Å². The van der Waals surface area contributed by atoms with Gasteiger partial charge in [-0.25, -0.2) is 0 Å². The summed E-state index contributed by atoms with van der Waals surface area (Å²) in [6.45, 7) is 0.260. The Morgan fingerprint density at radius 2 is 2.04 bits per heavy atom. The van der Waals surface area contributed by atoms with Gasteiger partial charge in [-0.3, -0.25) is 10.2 Å². The minimum atomic E-state index is -0.419. The normalized spacial score (nSPS) is 18.2. The highest BCUT2D eigenvalue weighted by Gasteiger charge is 2.35. The Morgan fingerprint density at radius 3 is 2.80 bits per heavy atom. The SMILES string of the molecule is N=C1C(=Cc2cccs2)C(=O)N=C2SC(COc3ccccc3)=NN12. The molecule has 1 N–H and O–H groups in total. The van der Waals surface area contributed by atoms with Crippen molar-refractivity contribution in [1.29, 1.82) is 5.41 Å². The number of ether oxygens (including phenoxy) is 1. The molecule has 0 fully saturated rings. The number of thioether (sulfide) groups is 1. The molecule has 1 amide bonds. The Kier molecular flexibility index (Phi) is 4.21. The maximum absolute atomic E-state index is 12.2. The van der Waals surface area contributed by atoms with Gasteiger partial charge < -0.3 is 4.74 Å². The number of carbonyl (C=O) groups excluding carboxylic acids is 1. The molecule has 0 spiro atoms. The third kappa shape index (κ3) is 3.26. The van der Waals surface area contributed by atoms with Gasteiger partial charge in [0, 0.05) is 4.88 Å². The lowest BCUT2D eigenvalue weighted by Crippen LogP contribution is -2.35. The molecule has 124 valence electrons. The lowest BCUT2D eigenvalue weighted by molar-refractivity contribution is -0.114. The molecule has 8 heteroatoms. The second kappa shape index (κ2) is 6.66. The predicted molar refractivity (Wildman–Crippen MR) is 101 cm³/mol. The van der Waals surface area contributed by atoms with Crippen LogP contribution in [0, 0.1) is 5.41 Å². The molecule has 1 aromatic heterocycles. The highest BCUT2D eigenvalue weighted by atomic mass is 32.2. The first kappa shape index (κ1) is 15.8. The van der Waals surface area contributed by atoms with Crippen LogP contribution in [0.1, 0.15) is 4.88 Å². The van der Waals surface area contributed by atoms with E-state index in [0.29, 0.717) is 10.2 Å². The van der Waals surface area contributed by atoms with Crippen molar-refractivity contribution in [3.8, 4) is 5.75 Å². The number of nitrogens with zero attached hydrogens (tertiary/aromatic N) is 3. The van der Waals surface area contributed by atoms with Crippen LogP contribution in [0.3, 0.4) is 0 Å². The number of nitrogens with one attached hydrogen (secondary N) is 1. The first-order valence-corrected chi connectivity index (χ1v) is 9.11. The van der Waals surface area contributed by atoms with Crippen molar-refractivity contribution in [3.63, 3.8) is 0 Å². The fourth-order valence-corrected chi connectivity index (χ4v) is 3.72. The number of hydrogen-bond donors (Lipinski definition) is 1. The maximum Gasteiger partial charge on any atom is 0.283 e. The number of para-hydroxylation sites is 1. The molecule has 6 nitrogen and oxygen atoms in total. The molecule has 0 radical (unpaired) electrons. The van der Waals surface area contributed by atoms with E-state index in [4.69, 9.17) is 10.1 Å². The third-order valence-corrected chi connectivity index (χ3v) is 5.13. The van der Waals surface area contributed by atoms with Gasteiger partial charge in [-0.05, 0) is 41.4 Å². The van der Waals surface area contributed by atoms with Crippen LogP contribution in [0.15, 0.2) is 63.5 Å². The molecule has 0 bridgehead atoms. The van der Waals surface area contributed by atoms with Crippen molar-refractivity contribution < 1.29 is 9.53 Å². The maximum atomic E-state index is 12.2. The quantitative estimate of drug-likeness (QED) is 0.839. The number of rotatable bonds is 4. The first-order valence-electron chi connectivity index (χ1n) is 7.41. The average molecular weight is 368 g/mol. The van der Waals surface area contributed by atoms with Crippen molar-refractivity contribution in [3.05, 3.63) is 58.3 Å². The molecule has 1 aromatic carbocycles. The standard InChI is InChI=1S/C17H12N4O2S2/c18-15-13(9-12-7-4-8-24-12)16(22)19-17-21(15)20-14(25-17)10-23-11-5-2-1-3-6-11/h1-9,18H,10H2.